The lowest BCUT2D eigenvalue weighted by Crippen LogP contribution is -2.37. The van der Waals surface area contributed by atoms with Gasteiger partial charge in [-0.2, -0.15) is 0 Å². The number of nitrogens with zero attached hydrogens (tertiary/aromatic N) is 1. The van der Waals surface area contributed by atoms with Gasteiger partial charge >= 0.3 is 0 Å². The summed E-state index contributed by atoms with van der Waals surface area (Å²) in [5.74, 6) is 0. The fraction of sp³-hybridized carbons (Fsp3) is 0.125. The van der Waals surface area contributed by atoms with E-state index in [0.29, 0.717) is 5.69 Å². The molecule has 0 fully saturated rings. The highest BCUT2D eigenvalue weighted by Gasteiger charge is 2.26. The highest BCUT2D eigenvalue weighted by molar-refractivity contribution is 7.92. The molecule has 1 unspecified atom stereocenters. The van der Waals surface area contributed by atoms with Crippen LogP contribution in [-0.2, 0) is 21.3 Å². The summed E-state index contributed by atoms with van der Waals surface area (Å²) in [5, 5.41) is 0.757. The number of anilines is 1. The molecule has 1 aromatic heterocycles. The molecule has 0 amide bonds. The molecule has 0 aliphatic heterocycles. The fourth-order valence-corrected chi connectivity index (χ4v) is 4.38. The zero-order valence-corrected chi connectivity index (χ0v) is 14.8. The smallest absolute Gasteiger partial charge is 0.264 e. The largest absolute Gasteiger partial charge is 0.361 e. The van der Waals surface area contributed by atoms with Crippen molar-refractivity contribution in [1.29, 1.82) is 0 Å². The van der Waals surface area contributed by atoms with Gasteiger partial charge in [-0.15, -0.1) is 0 Å². The predicted octanol–water partition coefficient (Wildman–Crippen LogP) is 2.09. The molecule has 3 aromatic rings. The maximum atomic E-state index is 13.1. The van der Waals surface area contributed by atoms with Crippen molar-refractivity contribution in [3.8, 4) is 0 Å². The first-order valence-electron chi connectivity index (χ1n) is 7.48. The number of aromatic nitrogens is 1. The minimum atomic E-state index is -3.82. The average molecular weight is 379 g/mol. The van der Waals surface area contributed by atoms with Gasteiger partial charge in [0.15, 0.2) is 0 Å². The van der Waals surface area contributed by atoms with E-state index in [1.165, 1.54) is 16.4 Å². The number of sulfonamides is 1. The number of nitrogens with one attached hydrogen (secondary N) is 2. The Kier molecular flexibility index (Phi) is 5.19. The van der Waals surface area contributed by atoms with Crippen LogP contribution in [0, 0.1) is 0 Å². The third kappa shape index (κ3) is 3.74. The number of aromatic amines is 1. The lowest BCUT2D eigenvalue weighted by molar-refractivity contribution is 0.548. The Morgan fingerprint density at radius 3 is 2.56 bits per heavy atom. The highest BCUT2D eigenvalue weighted by atomic mass is 32.2. The SMILES string of the molecule is O=S(O)NCCN(c1cccc2[nH]ccc12)S(=O)(=O)c1ccccc1. The van der Waals surface area contributed by atoms with Crippen LogP contribution in [0.4, 0.5) is 5.69 Å². The first-order chi connectivity index (χ1) is 12.0. The van der Waals surface area contributed by atoms with Gasteiger partial charge in [0.1, 0.15) is 0 Å². The number of hydrogen-bond acceptors (Lipinski definition) is 3. The van der Waals surface area contributed by atoms with Gasteiger partial charge in [0.25, 0.3) is 10.0 Å². The maximum absolute atomic E-state index is 13.1. The van der Waals surface area contributed by atoms with Gasteiger partial charge in [0, 0.05) is 30.2 Å². The molecule has 0 saturated heterocycles. The lowest BCUT2D eigenvalue weighted by Gasteiger charge is -2.25. The summed E-state index contributed by atoms with van der Waals surface area (Å²) in [6.45, 7) is 0.0316. The molecule has 7 nitrogen and oxygen atoms in total. The van der Waals surface area contributed by atoms with Crippen LogP contribution >= 0.6 is 0 Å². The second-order valence-electron chi connectivity index (χ2n) is 5.25. The number of hydrogen-bond donors (Lipinski definition) is 3. The Labute approximate surface area is 148 Å². The minimum Gasteiger partial charge on any atom is -0.361 e. The van der Waals surface area contributed by atoms with Crippen LogP contribution in [0.2, 0.25) is 0 Å². The number of H-pyrrole nitrogens is 1. The van der Waals surface area contributed by atoms with Gasteiger partial charge in [-0.25, -0.2) is 17.3 Å². The Hall–Kier alpha value is -2.20. The summed E-state index contributed by atoms with van der Waals surface area (Å²) in [6, 6.07) is 15.2. The quantitative estimate of drug-likeness (QED) is 0.547. The van der Waals surface area contributed by atoms with Crippen molar-refractivity contribution in [2.45, 2.75) is 4.90 Å². The van der Waals surface area contributed by atoms with E-state index in [9.17, 15) is 12.6 Å². The molecule has 9 heteroatoms. The molecule has 0 saturated carbocycles. The maximum Gasteiger partial charge on any atom is 0.264 e. The standard InChI is InChI=1S/C16H17N3O4S2/c20-24(21)18-11-12-19(25(22,23)13-5-2-1-3-6-13)16-8-4-7-15-14(16)9-10-17-15/h1-10,17-18H,11-12H2,(H,20,21). The van der Waals surface area contributed by atoms with Crippen LogP contribution in [0.3, 0.4) is 0 Å². The lowest BCUT2D eigenvalue weighted by atomic mass is 10.2. The Balaban J connectivity index is 2.07. The van der Waals surface area contributed by atoms with Gasteiger partial charge in [0.2, 0.25) is 11.3 Å². The first kappa shape index (κ1) is 17.6. The van der Waals surface area contributed by atoms with Crippen molar-refractivity contribution in [3.05, 3.63) is 60.8 Å². The molecule has 0 spiro atoms. The monoisotopic (exact) mass is 379 g/mol. The molecule has 0 aliphatic carbocycles. The Morgan fingerprint density at radius 1 is 1.08 bits per heavy atom. The van der Waals surface area contributed by atoms with Gasteiger partial charge < -0.3 is 4.98 Å². The van der Waals surface area contributed by atoms with E-state index in [2.05, 4.69) is 9.71 Å². The van der Waals surface area contributed by atoms with Crippen LogP contribution in [0.5, 0.6) is 0 Å². The molecule has 0 bridgehead atoms. The molecular weight excluding hydrogens is 362 g/mol. The third-order valence-electron chi connectivity index (χ3n) is 3.71. The molecule has 25 heavy (non-hydrogen) atoms. The van der Waals surface area contributed by atoms with Crippen LogP contribution in [0.25, 0.3) is 10.9 Å². The summed E-state index contributed by atoms with van der Waals surface area (Å²) in [7, 11) is -3.82. The van der Waals surface area contributed by atoms with Gasteiger partial charge in [-0.3, -0.25) is 8.86 Å². The summed E-state index contributed by atoms with van der Waals surface area (Å²) >= 11 is -2.21. The summed E-state index contributed by atoms with van der Waals surface area (Å²) in [6.07, 6.45) is 1.74. The van der Waals surface area contributed by atoms with Crippen molar-refractivity contribution in [3.63, 3.8) is 0 Å². The van der Waals surface area contributed by atoms with Gasteiger partial charge in [0.05, 0.1) is 10.6 Å². The van der Waals surface area contributed by atoms with E-state index < -0.39 is 21.3 Å². The zero-order valence-electron chi connectivity index (χ0n) is 13.1. The van der Waals surface area contributed by atoms with Gasteiger partial charge in [-0.05, 0) is 30.3 Å². The Bertz CT molecular complexity index is 987. The predicted molar refractivity (Wildman–Crippen MR) is 98.0 cm³/mol. The van der Waals surface area contributed by atoms with Crippen molar-refractivity contribution >= 4 is 37.9 Å². The van der Waals surface area contributed by atoms with Crippen LogP contribution in [0.15, 0.2) is 65.7 Å². The molecule has 2 aromatic carbocycles. The van der Waals surface area contributed by atoms with Crippen molar-refractivity contribution < 1.29 is 17.2 Å². The van der Waals surface area contributed by atoms with E-state index >= 15 is 0 Å². The minimum absolute atomic E-state index is 0.00776. The average Bonchev–Trinajstić information content (AvgIpc) is 3.08. The van der Waals surface area contributed by atoms with E-state index in [1.807, 2.05) is 6.07 Å². The van der Waals surface area contributed by atoms with E-state index in [0.717, 1.165) is 10.9 Å². The van der Waals surface area contributed by atoms with Crippen molar-refractivity contribution in [1.82, 2.24) is 9.71 Å². The van der Waals surface area contributed by atoms with Gasteiger partial charge in [-0.1, -0.05) is 24.3 Å². The third-order valence-corrected chi connectivity index (χ3v) is 5.99. The van der Waals surface area contributed by atoms with Crippen LogP contribution in [-0.4, -0.2) is 35.3 Å². The summed E-state index contributed by atoms with van der Waals surface area (Å²) in [5.41, 5.74) is 1.32. The van der Waals surface area contributed by atoms with Crippen LogP contribution < -0.4 is 9.03 Å². The van der Waals surface area contributed by atoms with E-state index in [-0.39, 0.29) is 18.0 Å². The second kappa shape index (κ2) is 7.36. The zero-order chi connectivity index (χ0) is 17.9. The van der Waals surface area contributed by atoms with Crippen molar-refractivity contribution in [2.24, 2.45) is 0 Å². The summed E-state index contributed by atoms with van der Waals surface area (Å²) in [4.78, 5) is 3.21. The second-order valence-corrected chi connectivity index (χ2v) is 7.90. The van der Waals surface area contributed by atoms with Crippen molar-refractivity contribution in [2.75, 3.05) is 17.4 Å². The first-order valence-corrected chi connectivity index (χ1v) is 10.0. The fourth-order valence-electron chi connectivity index (χ4n) is 2.61. The normalized spacial score (nSPS) is 13.0. The molecule has 3 rings (SSSR count). The molecule has 1 heterocycles. The Morgan fingerprint density at radius 2 is 1.84 bits per heavy atom. The summed E-state index contributed by atoms with van der Waals surface area (Å²) < 4.78 is 49.5. The van der Waals surface area contributed by atoms with Crippen LogP contribution in [0.1, 0.15) is 0 Å². The molecule has 0 radical (unpaired) electrons. The molecule has 0 aliphatic rings. The highest BCUT2D eigenvalue weighted by Crippen LogP contribution is 2.30. The van der Waals surface area contributed by atoms with E-state index in [1.54, 1.807) is 42.6 Å². The molecule has 3 N–H and O–H groups in total. The topological polar surface area (TPSA) is 102 Å². The molecular formula is C16H17N3O4S2. The number of rotatable bonds is 7. The number of fused-ring (bicyclic) bond motifs is 1. The molecule has 1 atom stereocenters. The van der Waals surface area contributed by atoms with E-state index in [4.69, 9.17) is 4.55 Å². The molecule has 132 valence electrons. The number of benzene rings is 2.